The van der Waals surface area contributed by atoms with Crippen molar-refractivity contribution in [3.63, 3.8) is 0 Å². The van der Waals surface area contributed by atoms with E-state index in [4.69, 9.17) is 0 Å². The van der Waals surface area contributed by atoms with Crippen molar-refractivity contribution in [1.29, 1.82) is 0 Å². The molecule has 2 aromatic rings. The summed E-state index contributed by atoms with van der Waals surface area (Å²) in [6, 6.07) is 0. The first-order valence-corrected chi connectivity index (χ1v) is 15.2. The van der Waals surface area contributed by atoms with E-state index >= 15 is 0 Å². The molecule has 0 unspecified atom stereocenters. The van der Waals surface area contributed by atoms with Crippen molar-refractivity contribution >= 4 is 52.0 Å². The zero-order chi connectivity index (χ0) is 18.8. The van der Waals surface area contributed by atoms with Crippen LogP contribution in [0.4, 0.5) is 0 Å². The van der Waals surface area contributed by atoms with Gasteiger partial charge in [-0.1, -0.05) is 0 Å². The second-order valence-corrected chi connectivity index (χ2v) is 15.8. The molecule has 2 aromatic heterocycles. The summed E-state index contributed by atoms with van der Waals surface area (Å²) in [6.45, 7) is 9.31. The first-order chi connectivity index (χ1) is 12.7. The number of fused-ring (bicyclic) bond motifs is 1. The summed E-state index contributed by atoms with van der Waals surface area (Å²) in [5, 5.41) is 1.25. The Labute approximate surface area is 179 Å². The molecular weight excluding hydrogens is 463 g/mol. The number of thiazole rings is 1. The zero-order valence-electron chi connectivity index (χ0n) is 17.1. The average Bonchev–Trinajstić information content (AvgIpc) is 3.21. The van der Waals surface area contributed by atoms with Crippen LogP contribution in [-0.2, 0) is 0 Å². The van der Waals surface area contributed by atoms with Crippen LogP contribution in [-0.4, -0.2) is 36.3 Å². The van der Waals surface area contributed by atoms with E-state index in [2.05, 4.69) is 54.6 Å². The minimum absolute atomic E-state index is 0.612. The van der Waals surface area contributed by atoms with E-state index in [-0.39, 0.29) is 0 Å². The molecule has 0 saturated carbocycles. The van der Waals surface area contributed by atoms with Crippen LogP contribution in [0.5, 0.6) is 0 Å². The number of unbranched alkanes of at least 4 members (excludes halogenated alkanes) is 3. The summed E-state index contributed by atoms with van der Waals surface area (Å²) in [6.07, 6.45) is 18.4. The van der Waals surface area contributed by atoms with Gasteiger partial charge in [0, 0.05) is 0 Å². The van der Waals surface area contributed by atoms with Crippen molar-refractivity contribution < 1.29 is 0 Å². The molecule has 0 atom stereocenters. The van der Waals surface area contributed by atoms with E-state index in [1.54, 1.807) is 2.89 Å². The first kappa shape index (κ1) is 22.6. The number of nitrogens with zero attached hydrogens (tertiary/aromatic N) is 2. The van der Waals surface area contributed by atoms with Gasteiger partial charge in [0.2, 0.25) is 0 Å². The Morgan fingerprint density at radius 3 is 2.15 bits per heavy atom. The van der Waals surface area contributed by atoms with Gasteiger partial charge in [-0.2, -0.15) is 0 Å². The van der Waals surface area contributed by atoms with E-state index in [1.807, 2.05) is 18.1 Å². The topological polar surface area (TPSA) is 17.3 Å². The van der Waals surface area contributed by atoms with Crippen LogP contribution in [0.1, 0.15) is 91.9 Å². The molecule has 2 nitrogen and oxygen atoms in total. The standard InChI is InChI=1S/C13H27.C8H9N2S2.Sn/c1-4-7-10-13(11-8-5-2)12-9-6-3;1-2-4-11-7-8-10(6-9-7)3-5-12-8;/h4-12H2,1-3H3;3,6H,2,4H2,1H3;. The van der Waals surface area contributed by atoms with Gasteiger partial charge in [-0.3, -0.25) is 0 Å². The molecule has 2 heterocycles. The summed E-state index contributed by atoms with van der Waals surface area (Å²) in [7, 11) is 0. The summed E-state index contributed by atoms with van der Waals surface area (Å²) in [5.41, 5.74) is 0. The molecule has 2 rings (SSSR count). The molecule has 0 aromatic carbocycles. The molecule has 0 saturated heterocycles. The Morgan fingerprint density at radius 2 is 1.62 bits per heavy atom. The molecule has 0 aliphatic rings. The van der Waals surface area contributed by atoms with E-state index in [0.717, 1.165) is 0 Å². The number of rotatable bonds is 14. The summed E-state index contributed by atoms with van der Waals surface area (Å²) < 4.78 is 4.72. The third-order valence-electron chi connectivity index (χ3n) is 5.04. The SMILES string of the molecule is CCCC[C](CCCC)(CCCC)[Sn][c]1cn2cnc(SCCC)c2s1. The fourth-order valence-corrected chi connectivity index (χ4v) is 12.7. The van der Waals surface area contributed by atoms with E-state index in [9.17, 15) is 0 Å². The fourth-order valence-electron chi connectivity index (χ4n) is 3.50. The van der Waals surface area contributed by atoms with E-state index in [0.29, 0.717) is 3.43 Å². The van der Waals surface area contributed by atoms with Gasteiger partial charge < -0.3 is 0 Å². The van der Waals surface area contributed by atoms with Gasteiger partial charge in [0.25, 0.3) is 0 Å². The number of thioether (sulfide) groups is 1. The van der Waals surface area contributed by atoms with Gasteiger partial charge in [-0.25, -0.2) is 0 Å². The van der Waals surface area contributed by atoms with Crippen molar-refractivity contribution in [3.8, 4) is 0 Å². The Bertz CT molecular complexity index is 613. The summed E-state index contributed by atoms with van der Waals surface area (Å²) >= 11 is 3.38. The average molecular weight is 499 g/mol. The van der Waals surface area contributed by atoms with Crippen LogP contribution in [0.15, 0.2) is 17.6 Å². The predicted molar refractivity (Wildman–Crippen MR) is 121 cm³/mol. The van der Waals surface area contributed by atoms with Gasteiger partial charge in [-0.15, -0.1) is 0 Å². The first-order valence-electron chi connectivity index (χ1n) is 10.6. The third kappa shape index (κ3) is 6.44. The van der Waals surface area contributed by atoms with Gasteiger partial charge in [0.1, 0.15) is 0 Å². The zero-order valence-corrected chi connectivity index (χ0v) is 21.6. The monoisotopic (exact) mass is 500 g/mol. The number of aromatic nitrogens is 2. The van der Waals surface area contributed by atoms with Gasteiger partial charge in [0.05, 0.1) is 0 Å². The Kier molecular flexibility index (Phi) is 10.4. The second kappa shape index (κ2) is 12.0. The van der Waals surface area contributed by atoms with Gasteiger partial charge in [-0.05, 0) is 0 Å². The molecule has 146 valence electrons. The molecule has 0 N–H and O–H groups in total. The second-order valence-electron chi connectivity index (χ2n) is 7.42. The number of imidazole rings is 1. The van der Waals surface area contributed by atoms with Crippen LogP contribution < -0.4 is 2.89 Å². The van der Waals surface area contributed by atoms with Gasteiger partial charge in [0.15, 0.2) is 0 Å². The molecule has 0 aliphatic heterocycles. The summed E-state index contributed by atoms with van der Waals surface area (Å²) in [4.78, 5) is 6.03. The molecule has 0 aliphatic carbocycles. The Morgan fingerprint density at radius 1 is 1.00 bits per heavy atom. The van der Waals surface area contributed by atoms with Crippen LogP contribution in [0, 0.1) is 0 Å². The molecule has 0 fully saturated rings. The van der Waals surface area contributed by atoms with Crippen LogP contribution in [0.2, 0.25) is 3.43 Å². The molecular formula is C21H36N2S2Sn. The molecule has 0 bridgehead atoms. The van der Waals surface area contributed by atoms with E-state index in [1.165, 1.54) is 79.8 Å². The molecule has 2 radical (unpaired) electrons. The van der Waals surface area contributed by atoms with Crippen molar-refractivity contribution in [2.75, 3.05) is 5.75 Å². The summed E-state index contributed by atoms with van der Waals surface area (Å²) in [5.74, 6) is 1.17. The van der Waals surface area contributed by atoms with E-state index < -0.39 is 21.1 Å². The predicted octanol–water partition coefficient (Wildman–Crippen LogP) is 6.96. The molecule has 26 heavy (non-hydrogen) atoms. The Hall–Kier alpha value is 0.319. The minimum atomic E-state index is -0.612. The van der Waals surface area contributed by atoms with Crippen molar-refractivity contribution in [2.24, 2.45) is 0 Å². The van der Waals surface area contributed by atoms with Crippen molar-refractivity contribution in [2.45, 2.75) is 100 Å². The molecule has 0 amide bonds. The maximum absolute atomic E-state index is 4.63. The molecule has 5 heteroatoms. The fraction of sp³-hybridized carbons (Fsp3) is 0.762. The number of hydrogen-bond donors (Lipinski definition) is 0. The van der Waals surface area contributed by atoms with Crippen LogP contribution >= 0.6 is 23.1 Å². The van der Waals surface area contributed by atoms with Crippen molar-refractivity contribution in [3.05, 3.63) is 12.5 Å². The number of hydrogen-bond acceptors (Lipinski definition) is 3. The van der Waals surface area contributed by atoms with Gasteiger partial charge >= 0.3 is 180 Å². The van der Waals surface area contributed by atoms with Crippen molar-refractivity contribution in [1.82, 2.24) is 9.38 Å². The normalized spacial score (nSPS) is 12.3. The van der Waals surface area contributed by atoms with Crippen LogP contribution in [0.3, 0.4) is 0 Å². The van der Waals surface area contributed by atoms with Crippen LogP contribution in [0.25, 0.3) is 4.83 Å². The molecule has 0 spiro atoms. The Balaban J connectivity index is 2.21. The maximum atomic E-state index is 4.63. The quantitative estimate of drug-likeness (QED) is 0.207. The third-order valence-corrected chi connectivity index (χ3v) is 13.6.